The van der Waals surface area contributed by atoms with Crippen LogP contribution in [0.3, 0.4) is 0 Å². The predicted octanol–water partition coefficient (Wildman–Crippen LogP) is 2.69. The first kappa shape index (κ1) is 15.7. The Hall–Kier alpha value is -3.20. The van der Waals surface area contributed by atoms with Crippen molar-refractivity contribution in [3.8, 4) is 6.07 Å². The Morgan fingerprint density at radius 2 is 1.83 bits per heavy atom. The van der Waals surface area contributed by atoms with E-state index in [0.717, 1.165) is 0 Å². The number of benzene rings is 2. The van der Waals surface area contributed by atoms with Gasteiger partial charge in [0.2, 0.25) is 11.8 Å². The first-order chi connectivity index (χ1) is 11.6. The van der Waals surface area contributed by atoms with Crippen molar-refractivity contribution in [2.75, 3.05) is 16.8 Å². The fraction of sp³-hybridized carbons (Fsp3) is 0.167. The zero-order valence-electron chi connectivity index (χ0n) is 12.7. The number of amides is 2. The highest BCUT2D eigenvalue weighted by Gasteiger charge is 2.35. The Bertz CT molecular complexity index is 810. The summed E-state index contributed by atoms with van der Waals surface area (Å²) < 4.78 is 13.0. The van der Waals surface area contributed by atoms with Gasteiger partial charge in [-0.15, -0.1) is 0 Å². The van der Waals surface area contributed by atoms with E-state index >= 15 is 0 Å². The third-order valence-electron chi connectivity index (χ3n) is 3.92. The first-order valence-electron chi connectivity index (χ1n) is 7.44. The number of nitrogens with zero attached hydrogens (tertiary/aromatic N) is 2. The molecule has 1 heterocycles. The number of halogens is 1. The molecule has 1 atom stereocenters. The van der Waals surface area contributed by atoms with Crippen molar-refractivity contribution in [3.63, 3.8) is 0 Å². The van der Waals surface area contributed by atoms with Crippen molar-refractivity contribution in [3.05, 3.63) is 59.9 Å². The molecule has 6 heteroatoms. The maximum Gasteiger partial charge on any atom is 0.229 e. The lowest BCUT2D eigenvalue weighted by Crippen LogP contribution is -2.28. The molecule has 2 amide bonds. The maximum atomic E-state index is 13.0. The van der Waals surface area contributed by atoms with Crippen LogP contribution >= 0.6 is 0 Å². The number of hydrogen-bond acceptors (Lipinski definition) is 3. The van der Waals surface area contributed by atoms with E-state index in [0.29, 0.717) is 16.9 Å². The van der Waals surface area contributed by atoms with Crippen LogP contribution in [0.15, 0.2) is 48.5 Å². The minimum atomic E-state index is -0.474. The number of rotatable bonds is 3. The Morgan fingerprint density at radius 1 is 1.17 bits per heavy atom. The van der Waals surface area contributed by atoms with E-state index in [1.54, 1.807) is 24.3 Å². The molecule has 3 rings (SSSR count). The summed E-state index contributed by atoms with van der Waals surface area (Å²) in [6, 6.07) is 14.1. The summed E-state index contributed by atoms with van der Waals surface area (Å²) in [7, 11) is 0. The molecule has 1 saturated heterocycles. The van der Waals surface area contributed by atoms with Crippen LogP contribution in [0, 0.1) is 23.1 Å². The van der Waals surface area contributed by atoms with E-state index in [2.05, 4.69) is 5.32 Å². The van der Waals surface area contributed by atoms with E-state index in [4.69, 9.17) is 5.26 Å². The van der Waals surface area contributed by atoms with Crippen LogP contribution in [0.5, 0.6) is 0 Å². The number of carbonyl (C=O) groups is 2. The maximum absolute atomic E-state index is 13.0. The van der Waals surface area contributed by atoms with Crippen molar-refractivity contribution in [2.24, 2.45) is 5.92 Å². The van der Waals surface area contributed by atoms with Crippen molar-refractivity contribution >= 4 is 23.2 Å². The summed E-state index contributed by atoms with van der Waals surface area (Å²) in [5, 5.41) is 11.5. The molecule has 1 fully saturated rings. The minimum absolute atomic E-state index is 0.111. The number of nitrogens with one attached hydrogen (secondary N) is 1. The van der Waals surface area contributed by atoms with Crippen LogP contribution in [0.25, 0.3) is 0 Å². The van der Waals surface area contributed by atoms with E-state index in [9.17, 15) is 14.0 Å². The average Bonchev–Trinajstić information content (AvgIpc) is 2.98. The van der Waals surface area contributed by atoms with E-state index in [-0.39, 0.29) is 30.6 Å². The molecule has 0 spiro atoms. The summed E-state index contributed by atoms with van der Waals surface area (Å²) in [6.45, 7) is 0.257. The lowest BCUT2D eigenvalue weighted by atomic mass is 10.1. The van der Waals surface area contributed by atoms with Gasteiger partial charge in [0.1, 0.15) is 5.82 Å². The van der Waals surface area contributed by atoms with Crippen LogP contribution in [0.4, 0.5) is 15.8 Å². The molecule has 120 valence electrons. The Labute approximate surface area is 138 Å². The molecule has 2 aromatic rings. The summed E-state index contributed by atoms with van der Waals surface area (Å²) in [5.74, 6) is -1.27. The normalized spacial score (nSPS) is 16.8. The molecule has 5 nitrogen and oxygen atoms in total. The monoisotopic (exact) mass is 323 g/mol. The van der Waals surface area contributed by atoms with Crippen LogP contribution in [0.2, 0.25) is 0 Å². The topological polar surface area (TPSA) is 73.2 Å². The fourth-order valence-corrected chi connectivity index (χ4v) is 2.63. The van der Waals surface area contributed by atoms with Gasteiger partial charge in [0.05, 0.1) is 17.6 Å². The summed E-state index contributed by atoms with van der Waals surface area (Å²) >= 11 is 0. The molecule has 24 heavy (non-hydrogen) atoms. The molecule has 0 unspecified atom stereocenters. The van der Waals surface area contributed by atoms with Gasteiger partial charge in [-0.3, -0.25) is 9.59 Å². The molecule has 0 aromatic heterocycles. The van der Waals surface area contributed by atoms with E-state index in [1.807, 2.05) is 6.07 Å². The highest BCUT2D eigenvalue weighted by atomic mass is 19.1. The second-order valence-corrected chi connectivity index (χ2v) is 5.56. The van der Waals surface area contributed by atoms with Crippen LogP contribution < -0.4 is 10.2 Å². The van der Waals surface area contributed by atoms with Gasteiger partial charge < -0.3 is 10.2 Å². The third kappa shape index (κ3) is 3.25. The van der Waals surface area contributed by atoms with Crippen LogP contribution in [0.1, 0.15) is 12.0 Å². The number of hydrogen-bond donors (Lipinski definition) is 1. The van der Waals surface area contributed by atoms with Gasteiger partial charge in [0.25, 0.3) is 0 Å². The van der Waals surface area contributed by atoms with Crippen LogP contribution in [-0.4, -0.2) is 18.4 Å². The molecule has 1 aliphatic rings. The summed E-state index contributed by atoms with van der Waals surface area (Å²) in [6.07, 6.45) is 0.111. The van der Waals surface area contributed by atoms with Gasteiger partial charge in [0, 0.05) is 24.3 Å². The number of nitriles is 1. The summed E-state index contributed by atoms with van der Waals surface area (Å²) in [4.78, 5) is 25.9. The SMILES string of the molecule is N#Cc1ccc(NC(=O)[C@H]2CC(=O)N(c3ccc(F)cc3)C2)cc1. The minimum Gasteiger partial charge on any atom is -0.326 e. The van der Waals surface area contributed by atoms with Crippen molar-refractivity contribution in [2.45, 2.75) is 6.42 Å². The standard InChI is InChI=1S/C18H14FN3O2/c19-14-3-7-16(8-4-14)22-11-13(9-17(22)23)18(24)21-15-5-1-12(10-20)2-6-15/h1-8,13H,9,11H2,(H,21,24)/t13-/m0/s1. The number of anilines is 2. The molecule has 1 aliphatic heterocycles. The smallest absolute Gasteiger partial charge is 0.229 e. The van der Waals surface area contributed by atoms with E-state index < -0.39 is 5.92 Å². The highest BCUT2D eigenvalue weighted by Crippen LogP contribution is 2.26. The van der Waals surface area contributed by atoms with Gasteiger partial charge in [-0.05, 0) is 48.5 Å². The van der Waals surface area contributed by atoms with Gasteiger partial charge in [-0.2, -0.15) is 5.26 Å². The van der Waals surface area contributed by atoms with Crippen molar-refractivity contribution in [1.29, 1.82) is 5.26 Å². The largest absolute Gasteiger partial charge is 0.326 e. The zero-order valence-corrected chi connectivity index (χ0v) is 12.7. The predicted molar refractivity (Wildman–Crippen MR) is 86.6 cm³/mol. The lowest BCUT2D eigenvalue weighted by molar-refractivity contribution is -0.122. The first-order valence-corrected chi connectivity index (χ1v) is 7.44. The Kier molecular flexibility index (Phi) is 4.25. The second-order valence-electron chi connectivity index (χ2n) is 5.56. The molecule has 2 aromatic carbocycles. The van der Waals surface area contributed by atoms with Gasteiger partial charge in [0.15, 0.2) is 0 Å². The zero-order chi connectivity index (χ0) is 17.1. The van der Waals surface area contributed by atoms with Crippen molar-refractivity contribution in [1.82, 2.24) is 0 Å². The number of carbonyl (C=O) groups excluding carboxylic acids is 2. The van der Waals surface area contributed by atoms with Crippen LogP contribution in [-0.2, 0) is 9.59 Å². The van der Waals surface area contributed by atoms with E-state index in [1.165, 1.54) is 29.2 Å². The quantitative estimate of drug-likeness (QED) is 0.944. The Morgan fingerprint density at radius 3 is 2.46 bits per heavy atom. The fourth-order valence-electron chi connectivity index (χ4n) is 2.63. The average molecular weight is 323 g/mol. The molecule has 0 aliphatic carbocycles. The summed E-state index contributed by atoms with van der Waals surface area (Å²) in [5.41, 5.74) is 1.66. The molecule has 0 radical (unpaired) electrons. The highest BCUT2D eigenvalue weighted by molar-refractivity contribution is 6.03. The van der Waals surface area contributed by atoms with Gasteiger partial charge >= 0.3 is 0 Å². The Balaban J connectivity index is 1.67. The van der Waals surface area contributed by atoms with Gasteiger partial charge in [-0.25, -0.2) is 4.39 Å². The van der Waals surface area contributed by atoms with Crippen molar-refractivity contribution < 1.29 is 14.0 Å². The molecule has 1 N–H and O–H groups in total. The lowest BCUT2D eigenvalue weighted by Gasteiger charge is -2.16. The molecular formula is C18H14FN3O2. The van der Waals surface area contributed by atoms with Gasteiger partial charge in [-0.1, -0.05) is 0 Å². The molecule has 0 bridgehead atoms. The molecule has 0 saturated carbocycles. The second kappa shape index (κ2) is 6.50. The third-order valence-corrected chi connectivity index (χ3v) is 3.92. The molecular weight excluding hydrogens is 309 g/mol.